The van der Waals surface area contributed by atoms with Crippen molar-refractivity contribution in [3.8, 4) is 11.5 Å². The fourth-order valence-electron chi connectivity index (χ4n) is 3.37. The number of rotatable bonds is 8. The van der Waals surface area contributed by atoms with Gasteiger partial charge in [0.1, 0.15) is 12.4 Å². The number of sulfone groups is 1. The second kappa shape index (κ2) is 9.60. The van der Waals surface area contributed by atoms with Gasteiger partial charge in [-0.3, -0.25) is 4.79 Å². The fraction of sp³-hybridized carbons (Fsp3) is 0.476. The molecule has 1 aliphatic heterocycles. The van der Waals surface area contributed by atoms with Gasteiger partial charge < -0.3 is 23.6 Å². The summed E-state index contributed by atoms with van der Waals surface area (Å²) in [5, 5.41) is 3.88. The highest BCUT2D eigenvalue weighted by atomic mass is 32.2. The first-order valence-electron chi connectivity index (χ1n) is 9.97. The van der Waals surface area contributed by atoms with Crippen LogP contribution in [0, 0.1) is 13.8 Å². The standard InChI is InChI=1S/C21H26N2O8S/c1-13-17(14(2)31-22-13)10-29-18-6-5-15(9-19(18)28-4)21(25)30-11-20(24)23(3)16-7-8-32(26,27)12-16/h5-6,9,16H,7-8,10-12H2,1-4H3. The van der Waals surface area contributed by atoms with Crippen molar-refractivity contribution >= 4 is 21.7 Å². The largest absolute Gasteiger partial charge is 0.493 e. The summed E-state index contributed by atoms with van der Waals surface area (Å²) in [5.74, 6) is 0.211. The molecule has 1 aromatic carbocycles. The molecule has 2 aromatic rings. The van der Waals surface area contributed by atoms with Gasteiger partial charge in [-0.05, 0) is 38.5 Å². The lowest BCUT2D eigenvalue weighted by molar-refractivity contribution is -0.134. The molecule has 0 saturated carbocycles. The Hall–Kier alpha value is -3.08. The number of aromatic nitrogens is 1. The Kier molecular flexibility index (Phi) is 7.07. The number of nitrogens with zero attached hydrogens (tertiary/aromatic N) is 2. The molecule has 2 heterocycles. The van der Waals surface area contributed by atoms with Crippen molar-refractivity contribution in [2.24, 2.45) is 0 Å². The number of likely N-dealkylation sites (N-methyl/N-ethyl adjacent to an activating group) is 1. The molecule has 1 amide bonds. The van der Waals surface area contributed by atoms with E-state index in [4.69, 9.17) is 18.7 Å². The van der Waals surface area contributed by atoms with Gasteiger partial charge in [-0.15, -0.1) is 0 Å². The molecule has 1 fully saturated rings. The van der Waals surface area contributed by atoms with Crippen LogP contribution in [0.25, 0.3) is 0 Å². The molecule has 32 heavy (non-hydrogen) atoms. The van der Waals surface area contributed by atoms with Crippen molar-refractivity contribution < 1.29 is 36.7 Å². The van der Waals surface area contributed by atoms with Crippen molar-refractivity contribution in [2.45, 2.75) is 32.9 Å². The fourth-order valence-corrected chi connectivity index (χ4v) is 5.14. The lowest BCUT2D eigenvalue weighted by atomic mass is 10.2. The SMILES string of the molecule is COc1cc(C(=O)OCC(=O)N(C)C2CCS(=O)(=O)C2)ccc1OCc1c(C)noc1C. The highest BCUT2D eigenvalue weighted by Gasteiger charge is 2.33. The van der Waals surface area contributed by atoms with E-state index >= 15 is 0 Å². The van der Waals surface area contributed by atoms with E-state index in [1.807, 2.05) is 6.92 Å². The number of benzene rings is 1. The smallest absolute Gasteiger partial charge is 0.338 e. The maximum absolute atomic E-state index is 12.4. The maximum atomic E-state index is 12.4. The molecule has 11 heteroatoms. The van der Waals surface area contributed by atoms with Gasteiger partial charge in [0.2, 0.25) is 0 Å². The molecule has 3 rings (SSSR count). The summed E-state index contributed by atoms with van der Waals surface area (Å²) in [5.41, 5.74) is 1.74. The zero-order valence-electron chi connectivity index (χ0n) is 18.4. The number of esters is 1. The van der Waals surface area contributed by atoms with E-state index in [0.29, 0.717) is 23.7 Å². The highest BCUT2D eigenvalue weighted by molar-refractivity contribution is 7.91. The molecule has 0 spiro atoms. The van der Waals surface area contributed by atoms with Crippen LogP contribution in [0.5, 0.6) is 11.5 Å². The first kappa shape index (κ1) is 23.6. The van der Waals surface area contributed by atoms with Crippen LogP contribution in [0.2, 0.25) is 0 Å². The zero-order valence-corrected chi connectivity index (χ0v) is 19.2. The number of aryl methyl sites for hydroxylation is 2. The van der Waals surface area contributed by atoms with Crippen LogP contribution < -0.4 is 9.47 Å². The van der Waals surface area contributed by atoms with Crippen LogP contribution >= 0.6 is 0 Å². The Labute approximate surface area is 186 Å². The molecule has 10 nitrogen and oxygen atoms in total. The Balaban J connectivity index is 1.59. The molecule has 1 aliphatic rings. The third kappa shape index (κ3) is 5.39. The van der Waals surface area contributed by atoms with Crippen LogP contribution in [-0.2, 0) is 26.0 Å². The van der Waals surface area contributed by atoms with Gasteiger partial charge in [0, 0.05) is 13.1 Å². The summed E-state index contributed by atoms with van der Waals surface area (Å²) in [7, 11) is -0.165. The monoisotopic (exact) mass is 466 g/mol. The van der Waals surface area contributed by atoms with E-state index in [2.05, 4.69) is 5.16 Å². The number of carbonyl (C=O) groups excluding carboxylic acids is 2. The lowest BCUT2D eigenvalue weighted by Crippen LogP contribution is -2.40. The van der Waals surface area contributed by atoms with Crippen molar-refractivity contribution in [3.05, 3.63) is 40.8 Å². The molecule has 1 saturated heterocycles. The molecule has 1 aromatic heterocycles. The molecule has 1 unspecified atom stereocenters. The summed E-state index contributed by atoms with van der Waals surface area (Å²) < 4.78 is 44.5. The van der Waals surface area contributed by atoms with Gasteiger partial charge in [0.15, 0.2) is 27.9 Å². The predicted octanol–water partition coefficient (Wildman–Crippen LogP) is 1.68. The van der Waals surface area contributed by atoms with Crippen molar-refractivity contribution in [1.82, 2.24) is 10.1 Å². The molecule has 0 N–H and O–H groups in total. The number of ether oxygens (including phenoxy) is 3. The first-order valence-corrected chi connectivity index (χ1v) is 11.8. The molecular weight excluding hydrogens is 440 g/mol. The third-order valence-electron chi connectivity index (χ3n) is 5.43. The lowest BCUT2D eigenvalue weighted by Gasteiger charge is -2.23. The molecule has 1 atom stereocenters. The second-order valence-electron chi connectivity index (χ2n) is 7.59. The van der Waals surface area contributed by atoms with Gasteiger partial charge in [0.25, 0.3) is 5.91 Å². The Morgan fingerprint density at radius 3 is 2.59 bits per heavy atom. The minimum Gasteiger partial charge on any atom is -0.493 e. The van der Waals surface area contributed by atoms with Gasteiger partial charge in [0.05, 0.1) is 35.4 Å². The van der Waals surface area contributed by atoms with Crippen LogP contribution in [0.4, 0.5) is 0 Å². The van der Waals surface area contributed by atoms with E-state index in [0.717, 1.165) is 11.3 Å². The molecule has 0 bridgehead atoms. The Morgan fingerprint density at radius 2 is 2.00 bits per heavy atom. The molecule has 174 valence electrons. The Morgan fingerprint density at radius 1 is 1.25 bits per heavy atom. The summed E-state index contributed by atoms with van der Waals surface area (Å²) in [6, 6.07) is 4.14. The van der Waals surface area contributed by atoms with Gasteiger partial charge >= 0.3 is 5.97 Å². The minimum atomic E-state index is -3.12. The quantitative estimate of drug-likeness (QED) is 0.534. The number of methoxy groups -OCH3 is 1. The van der Waals surface area contributed by atoms with Gasteiger partial charge in [-0.25, -0.2) is 13.2 Å². The van der Waals surface area contributed by atoms with Crippen LogP contribution in [-0.4, -0.2) is 68.7 Å². The Bertz CT molecular complexity index is 1090. The van der Waals surface area contributed by atoms with Crippen LogP contribution in [0.15, 0.2) is 22.7 Å². The number of hydrogen-bond acceptors (Lipinski definition) is 9. The number of carbonyl (C=O) groups is 2. The second-order valence-corrected chi connectivity index (χ2v) is 9.82. The third-order valence-corrected chi connectivity index (χ3v) is 7.18. The van der Waals surface area contributed by atoms with Crippen LogP contribution in [0.3, 0.4) is 0 Å². The van der Waals surface area contributed by atoms with Gasteiger partial charge in [-0.1, -0.05) is 5.16 Å². The van der Waals surface area contributed by atoms with E-state index in [1.54, 1.807) is 13.0 Å². The van der Waals surface area contributed by atoms with Crippen molar-refractivity contribution in [2.75, 3.05) is 32.3 Å². The topological polar surface area (TPSA) is 125 Å². The highest BCUT2D eigenvalue weighted by Crippen LogP contribution is 2.30. The van der Waals surface area contributed by atoms with Crippen molar-refractivity contribution in [1.29, 1.82) is 0 Å². The predicted molar refractivity (Wildman–Crippen MR) is 113 cm³/mol. The van der Waals surface area contributed by atoms with Gasteiger partial charge in [-0.2, -0.15) is 0 Å². The zero-order chi connectivity index (χ0) is 23.5. The first-order chi connectivity index (χ1) is 15.1. The van der Waals surface area contributed by atoms with E-state index < -0.39 is 34.4 Å². The summed E-state index contributed by atoms with van der Waals surface area (Å²) in [6.45, 7) is 3.34. The van der Waals surface area contributed by atoms with Crippen molar-refractivity contribution in [3.63, 3.8) is 0 Å². The average molecular weight is 467 g/mol. The molecule has 0 aliphatic carbocycles. The summed E-state index contributed by atoms with van der Waals surface area (Å²) >= 11 is 0. The molecule has 0 radical (unpaired) electrons. The number of amides is 1. The van der Waals surface area contributed by atoms with E-state index in [-0.39, 0.29) is 23.7 Å². The minimum absolute atomic E-state index is 0.0551. The maximum Gasteiger partial charge on any atom is 0.338 e. The number of hydrogen-bond donors (Lipinski definition) is 0. The van der Waals surface area contributed by atoms with E-state index in [1.165, 1.54) is 31.2 Å². The molecular formula is C21H26N2O8S. The summed E-state index contributed by atoms with van der Waals surface area (Å²) in [4.78, 5) is 26.0. The van der Waals surface area contributed by atoms with Crippen LogP contribution in [0.1, 0.15) is 33.8 Å². The average Bonchev–Trinajstić information content (AvgIpc) is 3.30. The van der Waals surface area contributed by atoms with E-state index in [9.17, 15) is 18.0 Å². The normalized spacial score (nSPS) is 17.1. The summed E-state index contributed by atoms with van der Waals surface area (Å²) in [6.07, 6.45) is 0.380.